The average Bonchev–Trinajstić information content (AvgIpc) is 2.78. The van der Waals surface area contributed by atoms with Crippen LogP contribution in [-0.4, -0.2) is 28.9 Å². The minimum atomic E-state index is -0.227. The molecule has 1 aromatic heterocycles. The van der Waals surface area contributed by atoms with Gasteiger partial charge in [0.25, 0.3) is 0 Å². The van der Waals surface area contributed by atoms with E-state index in [2.05, 4.69) is 24.3 Å². The molecule has 19 heavy (non-hydrogen) atoms. The molecule has 5 heteroatoms. The second-order valence-electron chi connectivity index (χ2n) is 4.73. The van der Waals surface area contributed by atoms with Gasteiger partial charge in [0.15, 0.2) is 0 Å². The van der Waals surface area contributed by atoms with Gasteiger partial charge in [-0.2, -0.15) is 5.10 Å². The number of unbranched alkanes of at least 4 members (excludes halogenated alkanes) is 1. The summed E-state index contributed by atoms with van der Waals surface area (Å²) < 4.78 is 6.65. The normalized spacial score (nSPS) is 12.4. The van der Waals surface area contributed by atoms with E-state index in [1.54, 1.807) is 0 Å². The zero-order chi connectivity index (χ0) is 14.3. The maximum absolute atomic E-state index is 11.7. The van der Waals surface area contributed by atoms with Gasteiger partial charge >= 0.3 is 5.97 Å². The van der Waals surface area contributed by atoms with E-state index in [4.69, 9.17) is 4.74 Å². The van der Waals surface area contributed by atoms with Crippen molar-refractivity contribution in [2.75, 3.05) is 7.11 Å². The van der Waals surface area contributed by atoms with Gasteiger partial charge in [-0.1, -0.05) is 26.7 Å². The van der Waals surface area contributed by atoms with Crippen molar-refractivity contribution < 1.29 is 9.53 Å². The van der Waals surface area contributed by atoms with E-state index in [0.29, 0.717) is 6.54 Å². The molecular weight excluding hydrogens is 242 g/mol. The standard InChI is InChI=1S/C14H25N3O2/c1-5-7-8-13(14(18)19-4)15-9-11-10-17(3)16-12(11)6-2/h10,13,15H,5-9H2,1-4H3. The van der Waals surface area contributed by atoms with E-state index in [-0.39, 0.29) is 12.0 Å². The minimum absolute atomic E-state index is 0.185. The van der Waals surface area contributed by atoms with Crippen molar-refractivity contribution >= 4 is 5.97 Å². The third kappa shape index (κ3) is 4.67. The summed E-state index contributed by atoms with van der Waals surface area (Å²) in [4.78, 5) is 11.7. The highest BCUT2D eigenvalue weighted by atomic mass is 16.5. The molecule has 0 saturated carbocycles. The van der Waals surface area contributed by atoms with Crippen LogP contribution in [0.2, 0.25) is 0 Å². The lowest BCUT2D eigenvalue weighted by Gasteiger charge is -2.15. The molecule has 108 valence electrons. The van der Waals surface area contributed by atoms with E-state index >= 15 is 0 Å². The van der Waals surface area contributed by atoms with E-state index in [0.717, 1.165) is 36.9 Å². The molecule has 1 unspecified atom stereocenters. The topological polar surface area (TPSA) is 56.2 Å². The van der Waals surface area contributed by atoms with Gasteiger partial charge in [-0.15, -0.1) is 0 Å². The van der Waals surface area contributed by atoms with Crippen LogP contribution in [0.5, 0.6) is 0 Å². The van der Waals surface area contributed by atoms with Gasteiger partial charge in [0, 0.05) is 25.4 Å². The number of carbonyl (C=O) groups is 1. The van der Waals surface area contributed by atoms with Crippen LogP contribution in [0.4, 0.5) is 0 Å². The van der Waals surface area contributed by atoms with Crippen LogP contribution in [0.25, 0.3) is 0 Å². The molecule has 0 aliphatic heterocycles. The predicted molar refractivity (Wildman–Crippen MR) is 74.8 cm³/mol. The van der Waals surface area contributed by atoms with Crippen LogP contribution in [0, 0.1) is 0 Å². The van der Waals surface area contributed by atoms with Crippen LogP contribution in [0.3, 0.4) is 0 Å². The molecule has 1 N–H and O–H groups in total. The SMILES string of the molecule is CCCCC(NCc1cn(C)nc1CC)C(=O)OC. The largest absolute Gasteiger partial charge is 0.468 e. The summed E-state index contributed by atoms with van der Waals surface area (Å²) in [5.41, 5.74) is 2.23. The molecule has 0 radical (unpaired) electrons. The number of esters is 1. The van der Waals surface area contributed by atoms with Crippen molar-refractivity contribution in [1.29, 1.82) is 0 Å². The number of rotatable bonds is 8. The highest BCUT2D eigenvalue weighted by Crippen LogP contribution is 2.09. The Morgan fingerprint density at radius 1 is 1.53 bits per heavy atom. The Hall–Kier alpha value is -1.36. The van der Waals surface area contributed by atoms with Crippen LogP contribution in [0.1, 0.15) is 44.4 Å². The molecule has 1 atom stereocenters. The predicted octanol–water partition coefficient (Wildman–Crippen LogP) is 1.80. The number of hydrogen-bond acceptors (Lipinski definition) is 4. The third-order valence-corrected chi connectivity index (χ3v) is 3.20. The highest BCUT2D eigenvalue weighted by Gasteiger charge is 2.18. The maximum Gasteiger partial charge on any atom is 0.322 e. The van der Waals surface area contributed by atoms with Crippen LogP contribution in [-0.2, 0) is 29.5 Å². The molecule has 1 aromatic rings. The van der Waals surface area contributed by atoms with E-state index in [1.165, 1.54) is 7.11 Å². The first-order valence-electron chi connectivity index (χ1n) is 6.94. The van der Waals surface area contributed by atoms with Gasteiger partial charge in [-0.05, 0) is 12.8 Å². The molecule has 0 aliphatic carbocycles. The molecule has 1 rings (SSSR count). The number of hydrogen-bond donors (Lipinski definition) is 1. The fourth-order valence-corrected chi connectivity index (χ4v) is 2.12. The summed E-state index contributed by atoms with van der Waals surface area (Å²) in [6.45, 7) is 4.85. The summed E-state index contributed by atoms with van der Waals surface area (Å²) in [5, 5.41) is 7.68. The summed E-state index contributed by atoms with van der Waals surface area (Å²) in [6.07, 6.45) is 5.79. The van der Waals surface area contributed by atoms with Crippen LogP contribution in [0.15, 0.2) is 6.20 Å². The second-order valence-corrected chi connectivity index (χ2v) is 4.73. The number of nitrogens with zero attached hydrogens (tertiary/aromatic N) is 2. The summed E-state index contributed by atoms with van der Waals surface area (Å²) in [7, 11) is 3.35. The molecular formula is C14H25N3O2. The monoisotopic (exact) mass is 267 g/mol. The quantitative estimate of drug-likeness (QED) is 0.730. The van der Waals surface area contributed by atoms with Gasteiger partial charge in [-0.3, -0.25) is 9.48 Å². The molecule has 0 spiro atoms. The van der Waals surface area contributed by atoms with Crippen molar-refractivity contribution in [3.05, 3.63) is 17.5 Å². The third-order valence-electron chi connectivity index (χ3n) is 3.20. The zero-order valence-electron chi connectivity index (χ0n) is 12.4. The number of carbonyl (C=O) groups excluding carboxylic acids is 1. The Balaban J connectivity index is 2.61. The van der Waals surface area contributed by atoms with Crippen molar-refractivity contribution in [2.24, 2.45) is 7.05 Å². The minimum Gasteiger partial charge on any atom is -0.468 e. The van der Waals surface area contributed by atoms with Crippen molar-refractivity contribution in [2.45, 2.75) is 52.1 Å². The fourth-order valence-electron chi connectivity index (χ4n) is 2.12. The lowest BCUT2D eigenvalue weighted by molar-refractivity contribution is -0.143. The number of nitrogens with one attached hydrogen (secondary N) is 1. The smallest absolute Gasteiger partial charge is 0.322 e. The molecule has 1 heterocycles. The number of ether oxygens (including phenoxy) is 1. The van der Waals surface area contributed by atoms with Gasteiger partial charge in [0.05, 0.1) is 12.8 Å². The van der Waals surface area contributed by atoms with E-state index in [9.17, 15) is 4.79 Å². The molecule has 0 saturated heterocycles. The Kier molecular flexibility index (Phi) is 6.56. The first kappa shape index (κ1) is 15.7. The van der Waals surface area contributed by atoms with Crippen LogP contribution < -0.4 is 5.32 Å². The average molecular weight is 267 g/mol. The van der Waals surface area contributed by atoms with Crippen molar-refractivity contribution in [3.63, 3.8) is 0 Å². The second kappa shape index (κ2) is 7.94. The Morgan fingerprint density at radius 2 is 2.26 bits per heavy atom. The van der Waals surface area contributed by atoms with Gasteiger partial charge in [0.2, 0.25) is 0 Å². The van der Waals surface area contributed by atoms with Crippen molar-refractivity contribution in [3.8, 4) is 0 Å². The summed E-state index contributed by atoms with van der Waals surface area (Å²) >= 11 is 0. The summed E-state index contributed by atoms with van der Waals surface area (Å²) in [5.74, 6) is -0.185. The Bertz CT molecular complexity index is 401. The number of aromatic nitrogens is 2. The van der Waals surface area contributed by atoms with Gasteiger partial charge < -0.3 is 10.1 Å². The lowest BCUT2D eigenvalue weighted by atomic mass is 10.1. The molecule has 0 fully saturated rings. The van der Waals surface area contributed by atoms with E-state index in [1.807, 2.05) is 17.9 Å². The highest BCUT2D eigenvalue weighted by molar-refractivity contribution is 5.75. The first-order chi connectivity index (χ1) is 9.12. The number of aryl methyl sites for hydroxylation is 2. The van der Waals surface area contributed by atoms with Crippen molar-refractivity contribution in [1.82, 2.24) is 15.1 Å². The Labute approximate surface area is 115 Å². The maximum atomic E-state index is 11.7. The van der Waals surface area contributed by atoms with Gasteiger partial charge in [0.1, 0.15) is 6.04 Å². The molecule has 0 aliphatic rings. The fraction of sp³-hybridized carbons (Fsp3) is 0.714. The number of methoxy groups -OCH3 is 1. The zero-order valence-corrected chi connectivity index (χ0v) is 12.4. The molecule has 5 nitrogen and oxygen atoms in total. The van der Waals surface area contributed by atoms with E-state index < -0.39 is 0 Å². The lowest BCUT2D eigenvalue weighted by Crippen LogP contribution is -2.37. The first-order valence-corrected chi connectivity index (χ1v) is 6.94. The summed E-state index contributed by atoms with van der Waals surface area (Å²) in [6, 6.07) is -0.227. The Morgan fingerprint density at radius 3 is 2.84 bits per heavy atom. The molecule has 0 bridgehead atoms. The molecule has 0 aromatic carbocycles. The van der Waals surface area contributed by atoms with Gasteiger partial charge in [-0.25, -0.2) is 0 Å². The van der Waals surface area contributed by atoms with Crippen LogP contribution >= 0.6 is 0 Å². The molecule has 0 amide bonds.